The van der Waals surface area contributed by atoms with Crippen molar-refractivity contribution in [3.63, 3.8) is 0 Å². The van der Waals surface area contributed by atoms with Crippen molar-refractivity contribution in [2.75, 3.05) is 19.8 Å². The molecule has 0 aromatic heterocycles. The lowest BCUT2D eigenvalue weighted by Crippen LogP contribution is -2.52. The Labute approximate surface area is 266 Å². The summed E-state index contributed by atoms with van der Waals surface area (Å²) >= 11 is 1.66. The summed E-state index contributed by atoms with van der Waals surface area (Å²) in [5.41, 5.74) is 17.0. The van der Waals surface area contributed by atoms with Crippen molar-refractivity contribution in [1.82, 2.24) is 10.9 Å². The van der Waals surface area contributed by atoms with Crippen molar-refractivity contribution in [3.8, 4) is 5.75 Å². The fourth-order valence-corrected chi connectivity index (χ4v) is 5.80. The fourth-order valence-electron chi connectivity index (χ4n) is 4.84. The summed E-state index contributed by atoms with van der Waals surface area (Å²) < 4.78 is 11.7. The number of carbonyl (C=O) groups excluding carboxylic acids is 1. The summed E-state index contributed by atoms with van der Waals surface area (Å²) in [5, 5.41) is 12.7. The number of nitrogens with zero attached hydrogens (tertiary/aromatic N) is 4. The van der Waals surface area contributed by atoms with Gasteiger partial charge < -0.3 is 14.6 Å². The number of hydrazine groups is 1. The number of aliphatic hydroxyl groups is 1. The van der Waals surface area contributed by atoms with Crippen LogP contribution in [-0.2, 0) is 29.0 Å². The summed E-state index contributed by atoms with van der Waals surface area (Å²) in [7, 11) is 0. The maximum atomic E-state index is 14.0. The average molecular weight is 623 g/mol. The zero-order valence-corrected chi connectivity index (χ0v) is 25.5. The van der Waals surface area contributed by atoms with Crippen LogP contribution in [0.15, 0.2) is 123 Å². The lowest BCUT2D eigenvalue weighted by Gasteiger charge is -2.24. The van der Waals surface area contributed by atoms with Crippen molar-refractivity contribution in [1.29, 1.82) is 0 Å². The third-order valence-electron chi connectivity index (χ3n) is 7.19. The van der Waals surface area contributed by atoms with Crippen LogP contribution in [0.3, 0.4) is 0 Å². The van der Waals surface area contributed by atoms with Crippen LogP contribution >= 0.6 is 11.8 Å². The van der Waals surface area contributed by atoms with Crippen LogP contribution in [0, 0.1) is 0 Å². The van der Waals surface area contributed by atoms with E-state index in [2.05, 4.69) is 39.1 Å². The molecule has 4 aromatic carbocycles. The van der Waals surface area contributed by atoms with Gasteiger partial charge in [0.15, 0.2) is 5.54 Å². The second-order valence-electron chi connectivity index (χ2n) is 10.4. The Kier molecular flexibility index (Phi) is 11.1. The van der Waals surface area contributed by atoms with Crippen molar-refractivity contribution in [2.24, 2.45) is 10.1 Å². The zero-order valence-electron chi connectivity index (χ0n) is 24.6. The highest BCUT2D eigenvalue weighted by atomic mass is 32.2. The highest BCUT2D eigenvalue weighted by Crippen LogP contribution is 2.31. The lowest BCUT2D eigenvalue weighted by atomic mass is 9.89. The summed E-state index contributed by atoms with van der Waals surface area (Å²) in [6.07, 6.45) is 0.784. The first kappa shape index (κ1) is 31.6. The molecule has 0 saturated carbocycles. The van der Waals surface area contributed by atoms with Crippen LogP contribution < -0.4 is 15.6 Å². The Bertz CT molecular complexity index is 1660. The number of nitrogens with one attached hydrogen (secondary N) is 2. The Balaban J connectivity index is 1.35. The number of hydrogen-bond acceptors (Lipinski definition) is 8. The van der Waals surface area contributed by atoms with Crippen LogP contribution in [0.5, 0.6) is 5.75 Å². The SMILES string of the molecule is [N-]=[N+]=NCc1ccccc1C[C@@]1(C(=O)NNCc2ccccc2Sc2ccccc2)COC(c2ccc(OCCCO)cc2)=N1. The molecule has 0 radical (unpaired) electrons. The molecule has 11 heteroatoms. The standard InChI is InChI=1S/C34H34N6O4S/c35-40-37-22-27-10-5-4-9-26(27)21-34(24-44-32(38-34)25-15-17-29(18-16-25)43-20-8-19-41)33(42)39-36-23-28-11-6-7-14-31(28)45-30-12-2-1-3-13-30/h1-7,9-18,36,41H,8,19-24H2,(H,39,42)/t34-/m0/s1. The number of benzene rings is 4. The van der Waals surface area contributed by atoms with E-state index in [1.54, 1.807) is 23.9 Å². The Morgan fingerprint density at radius 3 is 2.44 bits per heavy atom. The molecule has 1 aliphatic heterocycles. The van der Waals surface area contributed by atoms with E-state index in [4.69, 9.17) is 25.1 Å². The van der Waals surface area contributed by atoms with E-state index >= 15 is 0 Å². The minimum absolute atomic E-state index is 0.0287. The molecule has 1 aliphatic rings. The van der Waals surface area contributed by atoms with Gasteiger partial charge in [-0.25, -0.2) is 10.4 Å². The fraction of sp³-hybridized carbons (Fsp3) is 0.235. The molecule has 45 heavy (non-hydrogen) atoms. The first-order valence-corrected chi connectivity index (χ1v) is 15.4. The van der Waals surface area contributed by atoms with E-state index in [1.165, 1.54) is 0 Å². The van der Waals surface area contributed by atoms with Gasteiger partial charge in [-0.1, -0.05) is 77.5 Å². The summed E-state index contributed by atoms with van der Waals surface area (Å²) in [6, 6.07) is 33.0. The molecule has 1 atom stereocenters. The van der Waals surface area contributed by atoms with Crippen LogP contribution in [-0.4, -0.2) is 42.3 Å². The molecule has 230 valence electrons. The van der Waals surface area contributed by atoms with Gasteiger partial charge in [0.05, 0.1) is 13.2 Å². The van der Waals surface area contributed by atoms with E-state index in [9.17, 15) is 4.79 Å². The third-order valence-corrected chi connectivity index (χ3v) is 8.31. The van der Waals surface area contributed by atoms with Crippen LogP contribution in [0.25, 0.3) is 10.4 Å². The van der Waals surface area contributed by atoms with Crippen molar-refractivity contribution < 1.29 is 19.4 Å². The highest BCUT2D eigenvalue weighted by molar-refractivity contribution is 7.99. The van der Waals surface area contributed by atoms with E-state index in [1.807, 2.05) is 72.8 Å². The first-order chi connectivity index (χ1) is 22.1. The molecule has 1 heterocycles. The lowest BCUT2D eigenvalue weighted by molar-refractivity contribution is -0.127. The zero-order chi connectivity index (χ0) is 31.3. The van der Waals surface area contributed by atoms with Crippen molar-refractivity contribution >= 4 is 23.6 Å². The number of carbonyl (C=O) groups is 1. The van der Waals surface area contributed by atoms with Gasteiger partial charge in [0.25, 0.3) is 5.91 Å². The number of hydrogen-bond donors (Lipinski definition) is 3. The van der Waals surface area contributed by atoms with Gasteiger partial charge in [0.2, 0.25) is 5.90 Å². The average Bonchev–Trinajstić information content (AvgIpc) is 3.51. The molecule has 0 saturated heterocycles. The number of azide groups is 1. The van der Waals surface area contributed by atoms with Gasteiger partial charge in [0.1, 0.15) is 12.4 Å². The van der Waals surface area contributed by atoms with E-state index < -0.39 is 5.54 Å². The molecule has 5 rings (SSSR count). The normalized spacial score (nSPS) is 15.4. The van der Waals surface area contributed by atoms with Gasteiger partial charge in [-0.2, -0.15) is 0 Å². The predicted molar refractivity (Wildman–Crippen MR) is 174 cm³/mol. The molecular weight excluding hydrogens is 588 g/mol. The molecule has 0 aliphatic carbocycles. The van der Waals surface area contributed by atoms with Crippen LogP contribution in [0.4, 0.5) is 0 Å². The molecule has 0 fully saturated rings. The smallest absolute Gasteiger partial charge is 0.266 e. The number of amides is 1. The third kappa shape index (κ3) is 8.43. The largest absolute Gasteiger partial charge is 0.494 e. The Morgan fingerprint density at radius 1 is 0.978 bits per heavy atom. The first-order valence-electron chi connectivity index (χ1n) is 14.6. The highest BCUT2D eigenvalue weighted by Gasteiger charge is 2.45. The minimum Gasteiger partial charge on any atom is -0.494 e. The summed E-state index contributed by atoms with van der Waals surface area (Å²) in [6.45, 7) is 1.07. The Hall–Kier alpha value is -4.80. The number of ether oxygens (including phenoxy) is 2. The predicted octanol–water partition coefficient (Wildman–Crippen LogP) is 5.99. The monoisotopic (exact) mass is 622 g/mol. The van der Waals surface area contributed by atoms with E-state index in [-0.39, 0.29) is 32.1 Å². The number of rotatable bonds is 15. The second kappa shape index (κ2) is 15.8. The molecular formula is C34H34N6O4S. The molecule has 4 aromatic rings. The Morgan fingerprint density at radius 2 is 1.69 bits per heavy atom. The molecule has 0 unspecified atom stereocenters. The summed E-state index contributed by atoms with van der Waals surface area (Å²) in [5.74, 6) is 0.675. The van der Waals surface area contributed by atoms with Gasteiger partial charge in [0, 0.05) is 46.3 Å². The van der Waals surface area contributed by atoms with Crippen LogP contribution in [0.2, 0.25) is 0 Å². The van der Waals surface area contributed by atoms with Gasteiger partial charge in [-0.3, -0.25) is 10.2 Å². The summed E-state index contributed by atoms with van der Waals surface area (Å²) in [4.78, 5) is 23.9. The van der Waals surface area contributed by atoms with Crippen molar-refractivity contribution in [2.45, 2.75) is 41.3 Å². The molecule has 0 spiro atoms. The van der Waals surface area contributed by atoms with Crippen LogP contribution in [0.1, 0.15) is 28.7 Å². The molecule has 10 nitrogen and oxygen atoms in total. The quantitative estimate of drug-likeness (QED) is 0.0489. The topological polar surface area (TPSA) is 141 Å². The maximum absolute atomic E-state index is 14.0. The van der Waals surface area contributed by atoms with Crippen molar-refractivity contribution in [3.05, 3.63) is 136 Å². The second-order valence-corrected chi connectivity index (χ2v) is 11.5. The molecule has 1 amide bonds. The van der Waals surface area contributed by atoms with E-state index in [0.717, 1.165) is 26.5 Å². The minimum atomic E-state index is -1.27. The number of aliphatic hydroxyl groups excluding tert-OH is 1. The van der Waals surface area contributed by atoms with E-state index in [0.29, 0.717) is 36.8 Å². The maximum Gasteiger partial charge on any atom is 0.266 e. The van der Waals surface area contributed by atoms with Gasteiger partial charge in [-0.05, 0) is 64.7 Å². The number of aliphatic imine (C=N–C) groups is 1. The molecule has 0 bridgehead atoms. The van der Waals surface area contributed by atoms with Gasteiger partial charge >= 0.3 is 0 Å². The molecule has 3 N–H and O–H groups in total. The van der Waals surface area contributed by atoms with Gasteiger partial charge in [-0.15, -0.1) is 0 Å².